The lowest BCUT2D eigenvalue weighted by Gasteiger charge is -2.24. The minimum atomic E-state index is -4.01. The third-order valence-electron chi connectivity index (χ3n) is 6.44. The van der Waals surface area contributed by atoms with Gasteiger partial charge in [0.15, 0.2) is 11.2 Å². The Bertz CT molecular complexity index is 1580. The first-order valence-corrected chi connectivity index (χ1v) is 13.8. The lowest BCUT2D eigenvalue weighted by atomic mass is 10.1. The van der Waals surface area contributed by atoms with E-state index in [1.54, 1.807) is 18.5 Å². The van der Waals surface area contributed by atoms with Crippen LogP contribution in [0, 0.1) is 5.92 Å². The Morgan fingerprint density at radius 3 is 2.77 bits per heavy atom. The lowest BCUT2D eigenvalue weighted by Crippen LogP contribution is -2.34. The monoisotopic (exact) mass is 552 g/mol. The molecule has 0 saturated heterocycles. The number of nitrogens with two attached hydrogens (primary N) is 1. The number of nitrogens with zero attached hydrogens (tertiary/aromatic N) is 4. The highest BCUT2D eigenvalue weighted by molar-refractivity contribution is 7.52. The van der Waals surface area contributed by atoms with Crippen molar-refractivity contribution >= 4 is 41.6 Å². The maximum Gasteiger partial charge on any atom is 0.459 e. The van der Waals surface area contributed by atoms with Crippen molar-refractivity contribution in [3.63, 3.8) is 0 Å². The summed E-state index contributed by atoms with van der Waals surface area (Å²) < 4.78 is 37.8. The SMILES string of the molecule is COC(=O)[C@H](C)NP(=O)(OC[C@@H]1C=C[C@H](n2cnc3c(OC)nc(N)nc32)C1)Oc1cccc2ccccc12. The summed E-state index contributed by atoms with van der Waals surface area (Å²) in [5.74, 6) is 0.0608. The summed E-state index contributed by atoms with van der Waals surface area (Å²) in [6.45, 7) is 1.61. The first-order chi connectivity index (χ1) is 18.8. The maximum atomic E-state index is 14.0. The number of methoxy groups -OCH3 is 2. The van der Waals surface area contributed by atoms with Gasteiger partial charge in [-0.3, -0.25) is 9.32 Å². The molecule has 0 amide bonds. The van der Waals surface area contributed by atoms with Gasteiger partial charge in [0.25, 0.3) is 0 Å². The lowest BCUT2D eigenvalue weighted by molar-refractivity contribution is -0.142. The van der Waals surface area contributed by atoms with Gasteiger partial charge in [-0.15, -0.1) is 0 Å². The van der Waals surface area contributed by atoms with E-state index in [-0.39, 0.29) is 24.5 Å². The van der Waals surface area contributed by atoms with Gasteiger partial charge in [0.05, 0.1) is 33.2 Å². The van der Waals surface area contributed by atoms with E-state index in [9.17, 15) is 9.36 Å². The van der Waals surface area contributed by atoms with E-state index < -0.39 is 19.8 Å². The summed E-state index contributed by atoms with van der Waals surface area (Å²) in [5.41, 5.74) is 6.91. The molecule has 0 bridgehead atoms. The van der Waals surface area contributed by atoms with Crippen LogP contribution in [-0.2, 0) is 18.6 Å². The van der Waals surface area contributed by atoms with Crippen molar-refractivity contribution in [1.29, 1.82) is 0 Å². The number of hydrogen-bond donors (Lipinski definition) is 2. The Kier molecular flexibility index (Phi) is 7.51. The second kappa shape index (κ2) is 11.0. The topological polar surface area (TPSA) is 153 Å². The molecule has 4 aromatic rings. The van der Waals surface area contributed by atoms with E-state index in [1.807, 2.05) is 47.1 Å². The second-order valence-corrected chi connectivity index (χ2v) is 10.8. The summed E-state index contributed by atoms with van der Waals surface area (Å²) in [6.07, 6.45) is 6.26. The third kappa shape index (κ3) is 5.58. The number of esters is 1. The average molecular weight is 553 g/mol. The number of hydrogen-bond acceptors (Lipinski definition) is 10. The van der Waals surface area contributed by atoms with Crippen LogP contribution >= 0.6 is 7.75 Å². The number of anilines is 1. The summed E-state index contributed by atoms with van der Waals surface area (Å²) >= 11 is 0. The molecule has 39 heavy (non-hydrogen) atoms. The van der Waals surface area contributed by atoms with Crippen LogP contribution in [-0.4, -0.2) is 52.4 Å². The molecule has 5 rings (SSSR count). The molecule has 4 atom stereocenters. The molecule has 0 aliphatic heterocycles. The zero-order valence-corrected chi connectivity index (χ0v) is 22.6. The zero-order chi connectivity index (χ0) is 27.6. The van der Waals surface area contributed by atoms with E-state index >= 15 is 0 Å². The molecule has 0 fully saturated rings. The van der Waals surface area contributed by atoms with Crippen molar-refractivity contribution in [3.8, 4) is 11.6 Å². The summed E-state index contributed by atoms with van der Waals surface area (Å²) in [5, 5.41) is 4.39. The number of allylic oxidation sites excluding steroid dienone is 1. The highest BCUT2D eigenvalue weighted by Crippen LogP contribution is 2.48. The highest BCUT2D eigenvalue weighted by atomic mass is 31.2. The molecule has 12 nitrogen and oxygen atoms in total. The minimum absolute atomic E-state index is 0.0724. The smallest absolute Gasteiger partial charge is 0.459 e. The van der Waals surface area contributed by atoms with Crippen LogP contribution < -0.4 is 20.1 Å². The standard InChI is InChI=1S/C26H29N6O6P/c1-16(25(33)36-3)31-39(34,38-21-10-6-8-18-7-4-5-9-20(18)21)37-14-17-11-12-19(13-17)32-15-28-22-23(32)29-26(27)30-24(22)35-2/h4-12,15-17,19H,13-14H2,1-3H3,(H,31,34)(H2,27,29,30)/t16-,17+,19-,39?/m0/s1. The molecule has 2 aromatic carbocycles. The summed E-state index contributed by atoms with van der Waals surface area (Å²) in [6, 6.07) is 12.0. The maximum absolute atomic E-state index is 14.0. The molecule has 0 radical (unpaired) electrons. The Labute approximate surface area is 224 Å². The number of fused-ring (bicyclic) bond motifs is 2. The first kappa shape index (κ1) is 26.6. The Morgan fingerprint density at radius 2 is 1.97 bits per heavy atom. The average Bonchev–Trinajstić information content (AvgIpc) is 3.58. The zero-order valence-electron chi connectivity index (χ0n) is 21.7. The van der Waals surface area contributed by atoms with E-state index in [0.29, 0.717) is 29.2 Å². The fourth-order valence-electron chi connectivity index (χ4n) is 4.53. The van der Waals surface area contributed by atoms with Gasteiger partial charge in [-0.25, -0.2) is 9.55 Å². The molecule has 13 heteroatoms. The second-order valence-electron chi connectivity index (χ2n) is 9.10. The molecule has 0 spiro atoms. The van der Waals surface area contributed by atoms with Crippen LogP contribution in [0.5, 0.6) is 11.6 Å². The van der Waals surface area contributed by atoms with Gasteiger partial charge in [0.2, 0.25) is 11.8 Å². The van der Waals surface area contributed by atoms with Crippen molar-refractivity contribution < 1.29 is 27.9 Å². The number of nitrogens with one attached hydrogen (secondary N) is 1. The van der Waals surface area contributed by atoms with Gasteiger partial charge in [0, 0.05) is 11.3 Å². The number of rotatable bonds is 10. The molecular weight excluding hydrogens is 523 g/mol. The Balaban J connectivity index is 1.34. The van der Waals surface area contributed by atoms with Crippen LogP contribution in [0.1, 0.15) is 19.4 Å². The Hall–Kier alpha value is -3.99. The predicted molar refractivity (Wildman–Crippen MR) is 145 cm³/mol. The fraction of sp³-hybridized carbons (Fsp3) is 0.308. The van der Waals surface area contributed by atoms with Crippen molar-refractivity contribution in [2.24, 2.45) is 5.92 Å². The van der Waals surface area contributed by atoms with Gasteiger partial charge in [0.1, 0.15) is 11.8 Å². The third-order valence-corrected chi connectivity index (χ3v) is 8.07. The van der Waals surface area contributed by atoms with Crippen LogP contribution in [0.2, 0.25) is 0 Å². The van der Waals surface area contributed by atoms with Crippen molar-refractivity contribution in [1.82, 2.24) is 24.6 Å². The molecule has 1 aliphatic rings. The number of ether oxygens (including phenoxy) is 2. The summed E-state index contributed by atoms with van der Waals surface area (Å²) in [4.78, 5) is 24.9. The molecule has 204 valence electrons. The van der Waals surface area contributed by atoms with E-state index in [0.717, 1.165) is 10.8 Å². The van der Waals surface area contributed by atoms with Gasteiger partial charge in [-0.05, 0) is 24.8 Å². The van der Waals surface area contributed by atoms with Gasteiger partial charge in [-0.2, -0.15) is 15.1 Å². The van der Waals surface area contributed by atoms with Crippen molar-refractivity contribution in [3.05, 3.63) is 60.9 Å². The van der Waals surface area contributed by atoms with Crippen LogP contribution in [0.4, 0.5) is 5.95 Å². The molecule has 2 heterocycles. The number of nitrogen functional groups attached to an aromatic ring is 1. The molecule has 1 unspecified atom stereocenters. The van der Waals surface area contributed by atoms with E-state index in [2.05, 4.69) is 20.0 Å². The number of carbonyl (C=O) groups is 1. The number of benzene rings is 2. The van der Waals surface area contributed by atoms with E-state index in [4.69, 9.17) is 24.3 Å². The van der Waals surface area contributed by atoms with Gasteiger partial charge >= 0.3 is 13.7 Å². The predicted octanol–water partition coefficient (Wildman–Crippen LogP) is 4.04. The molecule has 2 aromatic heterocycles. The van der Waals surface area contributed by atoms with Crippen molar-refractivity contribution in [2.45, 2.75) is 25.4 Å². The molecule has 3 N–H and O–H groups in total. The van der Waals surface area contributed by atoms with Crippen molar-refractivity contribution in [2.75, 3.05) is 26.6 Å². The largest absolute Gasteiger partial charge is 0.479 e. The Morgan fingerprint density at radius 1 is 1.18 bits per heavy atom. The van der Waals surface area contributed by atoms with Gasteiger partial charge < -0.3 is 24.3 Å². The van der Waals surface area contributed by atoms with Crippen LogP contribution in [0.3, 0.4) is 0 Å². The van der Waals surface area contributed by atoms with Gasteiger partial charge in [-0.1, -0.05) is 48.6 Å². The first-order valence-electron chi connectivity index (χ1n) is 12.3. The number of aromatic nitrogens is 4. The highest BCUT2D eigenvalue weighted by Gasteiger charge is 2.34. The molecule has 0 saturated carbocycles. The number of imidazole rings is 1. The van der Waals surface area contributed by atoms with Crippen LogP contribution in [0.25, 0.3) is 21.9 Å². The number of carbonyl (C=O) groups excluding carboxylic acids is 1. The minimum Gasteiger partial charge on any atom is -0.479 e. The van der Waals surface area contributed by atoms with Crippen LogP contribution in [0.15, 0.2) is 60.9 Å². The van der Waals surface area contributed by atoms with E-state index in [1.165, 1.54) is 21.1 Å². The quantitative estimate of drug-likeness (QED) is 0.166. The molecule has 1 aliphatic carbocycles. The summed E-state index contributed by atoms with van der Waals surface area (Å²) in [7, 11) is -1.26. The molecular formula is C26H29N6O6P. The normalized spacial score (nSPS) is 19.2. The fourth-order valence-corrected chi connectivity index (χ4v) is 6.10.